The van der Waals surface area contributed by atoms with E-state index in [0.29, 0.717) is 11.6 Å². The summed E-state index contributed by atoms with van der Waals surface area (Å²) in [6.45, 7) is 0.560. The smallest absolute Gasteiger partial charge is 0.325 e. The Balaban J connectivity index is 1.32. The normalized spacial score (nSPS) is 18.8. The maximum absolute atomic E-state index is 13.2. The molecule has 1 saturated carbocycles. The van der Waals surface area contributed by atoms with Crippen molar-refractivity contribution >= 4 is 33.3 Å². The Labute approximate surface area is 220 Å². The molecule has 0 spiro atoms. The van der Waals surface area contributed by atoms with Crippen LogP contribution >= 0.6 is 11.6 Å². The zero-order chi connectivity index (χ0) is 26.0. The standard InChI is InChI=1S/C28H24ClN3O4S/c29-23-10-6-20(7-11-23)21-8-12-25(13-9-21)37(35,36)32-28(27(33)34)16-26(28)22-4-1-5-24(15-22)31-18-19-3-2-14-30-17-19/h1-15,17,26,31-32H,16,18H2,(H,33,34). The quantitative estimate of drug-likeness (QED) is 0.269. The van der Waals surface area contributed by atoms with Gasteiger partial charge in [0.15, 0.2) is 0 Å². The second-order valence-corrected chi connectivity index (χ2v) is 11.1. The first kappa shape index (κ1) is 25.0. The van der Waals surface area contributed by atoms with Gasteiger partial charge in [-0.1, -0.05) is 54.1 Å². The van der Waals surface area contributed by atoms with E-state index in [1.807, 2.05) is 48.5 Å². The molecule has 4 aromatic rings. The molecule has 3 N–H and O–H groups in total. The van der Waals surface area contributed by atoms with Gasteiger partial charge in [0.05, 0.1) is 4.90 Å². The fourth-order valence-electron chi connectivity index (χ4n) is 4.40. The number of carbonyl (C=O) groups is 1. The SMILES string of the molecule is O=C(O)C1(NS(=O)(=O)c2ccc(-c3ccc(Cl)cc3)cc2)CC1c1cccc(NCc2cccnc2)c1. The van der Waals surface area contributed by atoms with Gasteiger partial charge in [0.1, 0.15) is 5.54 Å². The fourth-order valence-corrected chi connectivity index (χ4v) is 5.93. The van der Waals surface area contributed by atoms with Crippen LogP contribution < -0.4 is 10.0 Å². The van der Waals surface area contributed by atoms with Gasteiger partial charge >= 0.3 is 5.97 Å². The molecule has 0 amide bonds. The Bertz CT molecular complexity index is 1530. The van der Waals surface area contributed by atoms with E-state index < -0.39 is 27.4 Å². The Morgan fingerprint density at radius 1 is 1.00 bits per heavy atom. The van der Waals surface area contributed by atoms with Gasteiger partial charge < -0.3 is 10.4 Å². The molecule has 1 aromatic heterocycles. The topological polar surface area (TPSA) is 108 Å². The second-order valence-electron chi connectivity index (χ2n) is 9.01. The number of anilines is 1. The second kappa shape index (κ2) is 9.97. The van der Waals surface area contributed by atoms with Crippen molar-refractivity contribution < 1.29 is 18.3 Å². The van der Waals surface area contributed by atoms with Gasteiger partial charge in [-0.25, -0.2) is 8.42 Å². The van der Waals surface area contributed by atoms with Crippen molar-refractivity contribution in [1.82, 2.24) is 9.71 Å². The van der Waals surface area contributed by atoms with Crippen LogP contribution in [0.4, 0.5) is 5.69 Å². The van der Waals surface area contributed by atoms with Gasteiger partial charge in [-0.05, 0) is 71.1 Å². The lowest BCUT2D eigenvalue weighted by molar-refractivity contribution is -0.140. The number of aliphatic carboxylic acids is 1. The number of carboxylic acids is 1. The highest BCUT2D eigenvalue weighted by Crippen LogP contribution is 2.52. The molecule has 0 saturated heterocycles. The van der Waals surface area contributed by atoms with E-state index in [4.69, 9.17) is 11.6 Å². The van der Waals surface area contributed by atoms with Gasteiger partial charge in [-0.3, -0.25) is 9.78 Å². The number of hydrogen-bond acceptors (Lipinski definition) is 5. The summed E-state index contributed by atoms with van der Waals surface area (Å²) >= 11 is 5.94. The molecule has 9 heteroatoms. The van der Waals surface area contributed by atoms with Crippen LogP contribution in [0.1, 0.15) is 23.5 Å². The maximum atomic E-state index is 13.2. The van der Waals surface area contributed by atoms with Gasteiger partial charge in [0.2, 0.25) is 10.0 Å². The van der Waals surface area contributed by atoms with Crippen LogP contribution in [0.15, 0.2) is 102 Å². The molecule has 188 valence electrons. The molecular weight excluding hydrogens is 510 g/mol. The first-order valence-corrected chi connectivity index (χ1v) is 13.5. The van der Waals surface area contributed by atoms with Crippen LogP contribution in [-0.2, 0) is 21.4 Å². The molecule has 1 aliphatic carbocycles. The molecule has 1 aliphatic rings. The summed E-state index contributed by atoms with van der Waals surface area (Å²) in [5.74, 6) is -1.69. The summed E-state index contributed by atoms with van der Waals surface area (Å²) in [7, 11) is -4.08. The third kappa shape index (κ3) is 5.36. The number of rotatable bonds is 9. The molecule has 2 atom stereocenters. The number of benzene rings is 3. The number of pyridine rings is 1. The van der Waals surface area contributed by atoms with Crippen molar-refractivity contribution in [2.45, 2.75) is 29.3 Å². The molecule has 1 fully saturated rings. The average molecular weight is 534 g/mol. The first-order valence-electron chi connectivity index (χ1n) is 11.6. The lowest BCUT2D eigenvalue weighted by Crippen LogP contribution is -2.44. The van der Waals surface area contributed by atoms with Crippen LogP contribution in [0.5, 0.6) is 0 Å². The van der Waals surface area contributed by atoms with Crippen LogP contribution in [0.25, 0.3) is 11.1 Å². The van der Waals surface area contributed by atoms with Crippen LogP contribution in [0.2, 0.25) is 5.02 Å². The van der Waals surface area contributed by atoms with Gasteiger partial charge in [0, 0.05) is 35.6 Å². The predicted molar refractivity (Wildman–Crippen MR) is 143 cm³/mol. The maximum Gasteiger partial charge on any atom is 0.325 e. The molecule has 0 bridgehead atoms. The molecule has 7 nitrogen and oxygen atoms in total. The minimum absolute atomic E-state index is 0.00313. The lowest BCUT2D eigenvalue weighted by Gasteiger charge is -2.16. The summed E-state index contributed by atoms with van der Waals surface area (Å²) in [4.78, 5) is 16.4. The lowest BCUT2D eigenvalue weighted by atomic mass is 10.1. The Hall–Kier alpha value is -3.72. The molecule has 0 radical (unpaired) electrons. The van der Waals surface area contributed by atoms with Gasteiger partial charge in [-0.15, -0.1) is 0 Å². The van der Waals surface area contributed by atoms with E-state index in [1.165, 1.54) is 12.1 Å². The van der Waals surface area contributed by atoms with Gasteiger partial charge in [0.25, 0.3) is 0 Å². The molecular formula is C28H24ClN3O4S. The van der Waals surface area contributed by atoms with Crippen molar-refractivity contribution in [2.24, 2.45) is 0 Å². The third-order valence-electron chi connectivity index (χ3n) is 6.51. The summed E-state index contributed by atoms with van der Waals surface area (Å²) in [6, 6.07) is 24.7. The highest BCUT2D eigenvalue weighted by atomic mass is 35.5. The molecule has 1 heterocycles. The van der Waals surface area contributed by atoms with Crippen LogP contribution in [-0.4, -0.2) is 30.0 Å². The van der Waals surface area contributed by atoms with Crippen molar-refractivity contribution in [3.8, 4) is 11.1 Å². The summed E-state index contributed by atoms with van der Waals surface area (Å²) in [5.41, 5.74) is 2.68. The number of nitrogens with one attached hydrogen (secondary N) is 2. The summed E-state index contributed by atoms with van der Waals surface area (Å²) in [6.07, 6.45) is 3.64. The largest absolute Gasteiger partial charge is 0.480 e. The van der Waals surface area contributed by atoms with E-state index in [0.717, 1.165) is 27.9 Å². The molecule has 0 aliphatic heterocycles. The number of halogens is 1. The number of aromatic nitrogens is 1. The van der Waals surface area contributed by atoms with Gasteiger partial charge in [-0.2, -0.15) is 4.72 Å². The van der Waals surface area contributed by atoms with Crippen LogP contribution in [0, 0.1) is 0 Å². The minimum Gasteiger partial charge on any atom is -0.480 e. The predicted octanol–water partition coefficient (Wildman–Crippen LogP) is 5.30. The monoisotopic (exact) mass is 533 g/mol. The van der Waals surface area contributed by atoms with Crippen LogP contribution in [0.3, 0.4) is 0 Å². The summed E-state index contributed by atoms with van der Waals surface area (Å²) in [5, 5.41) is 13.9. The number of nitrogens with zero attached hydrogens (tertiary/aromatic N) is 1. The molecule has 2 unspecified atom stereocenters. The van der Waals surface area contributed by atoms with E-state index in [9.17, 15) is 18.3 Å². The number of carboxylic acid groups (broad SMARTS) is 1. The van der Waals surface area contributed by atoms with Crippen molar-refractivity contribution in [1.29, 1.82) is 0 Å². The van der Waals surface area contributed by atoms with E-state index in [-0.39, 0.29) is 11.3 Å². The Morgan fingerprint density at radius 3 is 2.35 bits per heavy atom. The zero-order valence-electron chi connectivity index (χ0n) is 19.6. The van der Waals surface area contributed by atoms with Crippen molar-refractivity contribution in [3.63, 3.8) is 0 Å². The Kier molecular flexibility index (Phi) is 6.72. The molecule has 37 heavy (non-hydrogen) atoms. The number of hydrogen-bond donors (Lipinski definition) is 3. The average Bonchev–Trinajstić information content (AvgIpc) is 3.64. The third-order valence-corrected chi connectivity index (χ3v) is 8.29. The molecule has 5 rings (SSSR count). The zero-order valence-corrected chi connectivity index (χ0v) is 21.2. The molecule has 3 aromatic carbocycles. The van der Waals surface area contributed by atoms with E-state index >= 15 is 0 Å². The van der Waals surface area contributed by atoms with Crippen molar-refractivity contribution in [2.75, 3.05) is 5.32 Å². The number of sulfonamides is 1. The fraction of sp³-hybridized carbons (Fsp3) is 0.143. The highest BCUT2D eigenvalue weighted by molar-refractivity contribution is 7.89. The summed E-state index contributed by atoms with van der Waals surface area (Å²) < 4.78 is 28.8. The first-order chi connectivity index (χ1) is 17.8. The van der Waals surface area contributed by atoms with Crippen molar-refractivity contribution in [3.05, 3.63) is 113 Å². The van der Waals surface area contributed by atoms with E-state index in [2.05, 4.69) is 15.0 Å². The van der Waals surface area contributed by atoms with E-state index in [1.54, 1.807) is 36.7 Å². The highest BCUT2D eigenvalue weighted by Gasteiger charge is 2.63. The Morgan fingerprint density at radius 2 is 1.70 bits per heavy atom. The minimum atomic E-state index is -4.08.